The van der Waals surface area contributed by atoms with Crippen molar-refractivity contribution in [2.45, 2.75) is 43.3 Å². The zero-order chi connectivity index (χ0) is 13.8. The van der Waals surface area contributed by atoms with E-state index in [1.54, 1.807) is 11.8 Å². The van der Waals surface area contributed by atoms with Crippen LogP contribution in [-0.2, 0) is 6.42 Å². The number of nitrogens with two attached hydrogens (primary N) is 1. The molecule has 0 bridgehead atoms. The average molecular weight is 273 g/mol. The van der Waals surface area contributed by atoms with Crippen molar-refractivity contribution in [3.63, 3.8) is 0 Å². The normalized spacial score (nSPS) is 12.4. The highest BCUT2D eigenvalue weighted by Gasteiger charge is 2.05. The Morgan fingerprint density at radius 2 is 1.89 bits per heavy atom. The lowest BCUT2D eigenvalue weighted by molar-refractivity contribution is 0.727. The lowest BCUT2D eigenvalue weighted by Crippen LogP contribution is -2.17. The molecule has 100 valence electrons. The predicted octanol–water partition coefficient (Wildman–Crippen LogP) is 3.13. The van der Waals surface area contributed by atoms with E-state index in [0.29, 0.717) is 0 Å². The van der Waals surface area contributed by atoms with Gasteiger partial charge in [-0.3, -0.25) is 0 Å². The molecule has 1 heterocycles. The first-order valence-corrected chi connectivity index (χ1v) is 7.18. The largest absolute Gasteiger partial charge is 0.328 e. The van der Waals surface area contributed by atoms with Crippen LogP contribution >= 0.6 is 11.8 Å². The van der Waals surface area contributed by atoms with Crippen LogP contribution in [-0.4, -0.2) is 16.0 Å². The Hall–Kier alpha value is -1.39. The first-order chi connectivity index (χ1) is 9.04. The maximum atomic E-state index is 5.76. The van der Waals surface area contributed by atoms with Crippen LogP contribution in [0, 0.1) is 13.8 Å². The molecule has 2 N–H and O–H groups in total. The number of aromatic nitrogens is 2. The third-order valence-corrected chi connectivity index (χ3v) is 3.84. The third kappa shape index (κ3) is 4.04. The van der Waals surface area contributed by atoms with Crippen molar-refractivity contribution in [3.8, 4) is 0 Å². The molecule has 1 unspecified atom stereocenters. The number of aryl methyl sites for hydroxylation is 2. The molecule has 2 rings (SSSR count). The highest BCUT2D eigenvalue weighted by Crippen LogP contribution is 2.28. The smallest absolute Gasteiger partial charge is 0.192 e. The van der Waals surface area contributed by atoms with Gasteiger partial charge >= 0.3 is 0 Å². The van der Waals surface area contributed by atoms with Crippen molar-refractivity contribution < 1.29 is 0 Å². The van der Waals surface area contributed by atoms with E-state index in [9.17, 15) is 0 Å². The maximum absolute atomic E-state index is 5.76. The van der Waals surface area contributed by atoms with E-state index in [2.05, 4.69) is 42.0 Å². The Balaban J connectivity index is 2.13. The number of nitrogens with zero attached hydrogens (tertiary/aromatic N) is 2. The monoisotopic (exact) mass is 273 g/mol. The molecular formula is C15H19N3S. The van der Waals surface area contributed by atoms with Gasteiger partial charge in [0.15, 0.2) is 5.16 Å². The molecule has 0 aliphatic carbocycles. The van der Waals surface area contributed by atoms with Crippen LogP contribution in [0.5, 0.6) is 0 Å². The fraction of sp³-hybridized carbons (Fsp3) is 0.333. The molecule has 0 saturated carbocycles. The molecule has 0 fully saturated rings. The summed E-state index contributed by atoms with van der Waals surface area (Å²) in [6.07, 6.45) is 4.54. The lowest BCUT2D eigenvalue weighted by atomic mass is 10.1. The van der Waals surface area contributed by atoms with E-state index >= 15 is 0 Å². The summed E-state index contributed by atoms with van der Waals surface area (Å²) >= 11 is 1.60. The topological polar surface area (TPSA) is 51.8 Å². The number of rotatable bonds is 4. The second-order valence-corrected chi connectivity index (χ2v) is 5.94. The minimum absolute atomic E-state index is 0.140. The van der Waals surface area contributed by atoms with Gasteiger partial charge in [-0.05, 0) is 61.7 Å². The summed E-state index contributed by atoms with van der Waals surface area (Å²) in [7, 11) is 0. The van der Waals surface area contributed by atoms with Crippen LogP contribution in [0.3, 0.4) is 0 Å². The Morgan fingerprint density at radius 1 is 1.21 bits per heavy atom. The van der Waals surface area contributed by atoms with Crippen LogP contribution in [0.2, 0.25) is 0 Å². The van der Waals surface area contributed by atoms with E-state index in [1.165, 1.54) is 16.0 Å². The van der Waals surface area contributed by atoms with E-state index in [1.807, 2.05) is 19.3 Å². The van der Waals surface area contributed by atoms with Crippen molar-refractivity contribution in [2.75, 3.05) is 0 Å². The molecule has 1 atom stereocenters. The molecule has 0 spiro atoms. The summed E-state index contributed by atoms with van der Waals surface area (Å²) in [5, 5.41) is 0.780. The van der Waals surface area contributed by atoms with Crippen LogP contribution in [0.15, 0.2) is 40.6 Å². The SMILES string of the molecule is Cc1ccc(C)c(Sc2ncc(CC(C)N)cn2)c1. The molecule has 0 saturated heterocycles. The van der Waals surface area contributed by atoms with Crippen molar-refractivity contribution in [1.82, 2.24) is 9.97 Å². The summed E-state index contributed by atoms with van der Waals surface area (Å²) in [5.74, 6) is 0. The standard InChI is InChI=1S/C15H19N3S/c1-10-4-5-11(2)14(6-10)19-15-17-8-13(9-18-15)7-12(3)16/h4-6,8-9,12H,7,16H2,1-3H3. The molecule has 19 heavy (non-hydrogen) atoms. The summed E-state index contributed by atoms with van der Waals surface area (Å²) in [5.41, 5.74) is 9.35. The Labute approximate surface area is 118 Å². The number of benzene rings is 1. The summed E-state index contributed by atoms with van der Waals surface area (Å²) in [4.78, 5) is 10.00. The second kappa shape index (κ2) is 6.17. The molecule has 1 aromatic heterocycles. The molecule has 0 aliphatic rings. The zero-order valence-corrected chi connectivity index (χ0v) is 12.4. The van der Waals surface area contributed by atoms with Crippen molar-refractivity contribution in [1.29, 1.82) is 0 Å². The summed E-state index contributed by atoms with van der Waals surface area (Å²) in [6.45, 7) is 6.18. The Bertz CT molecular complexity index is 550. The van der Waals surface area contributed by atoms with Gasteiger partial charge in [-0.2, -0.15) is 0 Å². The molecule has 0 radical (unpaired) electrons. The molecule has 3 nitrogen and oxygen atoms in total. The maximum Gasteiger partial charge on any atom is 0.192 e. The molecule has 4 heteroatoms. The lowest BCUT2D eigenvalue weighted by Gasteiger charge is -2.07. The van der Waals surface area contributed by atoms with Gasteiger partial charge in [0.05, 0.1) is 0 Å². The van der Waals surface area contributed by atoms with E-state index in [4.69, 9.17) is 5.73 Å². The van der Waals surface area contributed by atoms with Gasteiger partial charge in [0.2, 0.25) is 0 Å². The molecule has 1 aromatic carbocycles. The fourth-order valence-electron chi connectivity index (χ4n) is 1.79. The van der Waals surface area contributed by atoms with Crippen LogP contribution in [0.1, 0.15) is 23.6 Å². The van der Waals surface area contributed by atoms with Gasteiger partial charge in [-0.1, -0.05) is 12.1 Å². The molecular weight excluding hydrogens is 254 g/mol. The van der Waals surface area contributed by atoms with Crippen molar-refractivity contribution >= 4 is 11.8 Å². The van der Waals surface area contributed by atoms with Gasteiger partial charge in [-0.15, -0.1) is 0 Å². The highest BCUT2D eigenvalue weighted by molar-refractivity contribution is 7.99. The fourth-order valence-corrected chi connectivity index (χ4v) is 2.67. The molecule has 0 amide bonds. The zero-order valence-electron chi connectivity index (χ0n) is 11.6. The second-order valence-electron chi connectivity index (χ2n) is 4.93. The highest BCUT2D eigenvalue weighted by atomic mass is 32.2. The molecule has 2 aromatic rings. The Morgan fingerprint density at radius 3 is 2.53 bits per heavy atom. The minimum Gasteiger partial charge on any atom is -0.328 e. The summed E-state index contributed by atoms with van der Waals surface area (Å²) in [6, 6.07) is 6.55. The number of hydrogen-bond donors (Lipinski definition) is 1. The third-order valence-electron chi connectivity index (χ3n) is 2.78. The van der Waals surface area contributed by atoms with E-state index in [0.717, 1.165) is 17.1 Å². The van der Waals surface area contributed by atoms with Gasteiger partial charge in [0.1, 0.15) is 0 Å². The Kier molecular flexibility index (Phi) is 4.56. The van der Waals surface area contributed by atoms with Crippen LogP contribution in [0.25, 0.3) is 0 Å². The predicted molar refractivity (Wildman–Crippen MR) is 79.4 cm³/mol. The number of hydrogen-bond acceptors (Lipinski definition) is 4. The average Bonchev–Trinajstić information content (AvgIpc) is 2.35. The van der Waals surface area contributed by atoms with E-state index < -0.39 is 0 Å². The van der Waals surface area contributed by atoms with Gasteiger partial charge in [-0.25, -0.2) is 9.97 Å². The van der Waals surface area contributed by atoms with Crippen molar-refractivity contribution in [2.24, 2.45) is 5.73 Å². The summed E-state index contributed by atoms with van der Waals surface area (Å²) < 4.78 is 0. The van der Waals surface area contributed by atoms with Gasteiger partial charge < -0.3 is 5.73 Å². The van der Waals surface area contributed by atoms with Crippen LogP contribution < -0.4 is 5.73 Å². The van der Waals surface area contributed by atoms with Crippen LogP contribution in [0.4, 0.5) is 0 Å². The van der Waals surface area contributed by atoms with E-state index in [-0.39, 0.29) is 6.04 Å². The quantitative estimate of drug-likeness (QED) is 0.870. The minimum atomic E-state index is 0.140. The first-order valence-electron chi connectivity index (χ1n) is 6.36. The van der Waals surface area contributed by atoms with Gasteiger partial charge in [0.25, 0.3) is 0 Å². The van der Waals surface area contributed by atoms with Crippen molar-refractivity contribution in [3.05, 3.63) is 47.3 Å². The molecule has 0 aliphatic heterocycles. The first kappa shape index (κ1) is 14.0. The van der Waals surface area contributed by atoms with Gasteiger partial charge in [0, 0.05) is 23.3 Å².